The third-order valence-corrected chi connectivity index (χ3v) is 6.28. The van der Waals surface area contributed by atoms with Gasteiger partial charge in [-0.1, -0.05) is 20.8 Å². The van der Waals surface area contributed by atoms with E-state index >= 15 is 0 Å². The highest BCUT2D eigenvalue weighted by Gasteiger charge is 2.25. The summed E-state index contributed by atoms with van der Waals surface area (Å²) in [5, 5.41) is 2.82. The molecule has 2 N–H and O–H groups in total. The lowest BCUT2D eigenvalue weighted by atomic mass is 10.1. The van der Waals surface area contributed by atoms with E-state index in [1.807, 2.05) is 27.8 Å². The van der Waals surface area contributed by atoms with Crippen molar-refractivity contribution in [2.75, 3.05) is 39.8 Å². The first-order chi connectivity index (χ1) is 16.8. The molecule has 0 bridgehead atoms. The number of benzene rings is 1. The van der Waals surface area contributed by atoms with Crippen LogP contribution in [-0.2, 0) is 17.6 Å². The number of aryl methyl sites for hydroxylation is 1. The molecule has 1 atom stereocenters. The van der Waals surface area contributed by atoms with Crippen LogP contribution in [0.5, 0.6) is 5.75 Å². The van der Waals surface area contributed by atoms with Crippen LogP contribution in [0.15, 0.2) is 23.0 Å². The van der Waals surface area contributed by atoms with Crippen LogP contribution in [0.25, 0.3) is 11.4 Å². The number of ether oxygens (including phenoxy) is 1. The highest BCUT2D eigenvalue weighted by molar-refractivity contribution is 5.98. The third kappa shape index (κ3) is 6.28. The highest BCUT2D eigenvalue weighted by Crippen LogP contribution is 2.29. The molecule has 1 fully saturated rings. The van der Waals surface area contributed by atoms with E-state index in [0.717, 1.165) is 25.2 Å². The molecule has 3 rings (SSSR count). The molecular weight excluding hydrogens is 446 g/mol. The zero-order valence-corrected chi connectivity index (χ0v) is 21.4. The van der Waals surface area contributed by atoms with Gasteiger partial charge in [-0.15, -0.1) is 0 Å². The molecule has 0 radical (unpaired) electrons. The van der Waals surface area contributed by atoms with Crippen molar-refractivity contribution >= 4 is 11.8 Å². The number of aromatic amines is 1. The summed E-state index contributed by atoms with van der Waals surface area (Å²) in [5.74, 6) is 0.445. The van der Waals surface area contributed by atoms with Crippen LogP contribution in [-0.4, -0.2) is 77.5 Å². The summed E-state index contributed by atoms with van der Waals surface area (Å²) in [6.45, 7) is 11.0. The molecular formula is C26H37N5O4. The molecule has 1 aliphatic heterocycles. The van der Waals surface area contributed by atoms with E-state index in [4.69, 9.17) is 4.74 Å². The van der Waals surface area contributed by atoms with Crippen LogP contribution in [0.2, 0.25) is 0 Å². The lowest BCUT2D eigenvalue weighted by molar-refractivity contribution is -0.134. The van der Waals surface area contributed by atoms with Crippen molar-refractivity contribution in [1.82, 2.24) is 25.1 Å². The summed E-state index contributed by atoms with van der Waals surface area (Å²) >= 11 is 0. The Hall–Kier alpha value is -3.20. The Morgan fingerprint density at radius 3 is 2.49 bits per heavy atom. The number of carbonyl (C=O) groups is 2. The standard InChI is InChI=1S/C26H37N5O4/c1-6-15-35-22-10-9-18(16-20(22)23-28-21(8-3)19(7-2)25(33)29-23)24(32)27-17(4)26(34)31-13-11-30(5)12-14-31/h9-10,16-17H,6-8,11-15H2,1-5H3,(H,27,32)(H,28,29,33). The zero-order chi connectivity index (χ0) is 25.5. The van der Waals surface area contributed by atoms with Crippen molar-refractivity contribution in [3.63, 3.8) is 0 Å². The van der Waals surface area contributed by atoms with E-state index in [1.54, 1.807) is 30.0 Å². The molecule has 35 heavy (non-hydrogen) atoms. The number of nitrogens with zero attached hydrogens (tertiary/aromatic N) is 3. The van der Waals surface area contributed by atoms with Crippen LogP contribution in [0.3, 0.4) is 0 Å². The maximum Gasteiger partial charge on any atom is 0.254 e. The van der Waals surface area contributed by atoms with E-state index in [-0.39, 0.29) is 17.4 Å². The average molecular weight is 484 g/mol. The van der Waals surface area contributed by atoms with Gasteiger partial charge in [0.1, 0.15) is 17.6 Å². The Bertz CT molecular complexity index is 1110. The molecule has 1 aromatic carbocycles. The largest absolute Gasteiger partial charge is 0.493 e. The summed E-state index contributed by atoms with van der Waals surface area (Å²) in [5.41, 5.74) is 2.11. The predicted octanol–water partition coefficient (Wildman–Crippen LogP) is 2.24. The molecule has 9 nitrogen and oxygen atoms in total. The van der Waals surface area contributed by atoms with Gasteiger partial charge in [0.05, 0.1) is 17.9 Å². The molecule has 9 heteroatoms. The van der Waals surface area contributed by atoms with E-state index in [0.29, 0.717) is 60.8 Å². The van der Waals surface area contributed by atoms with E-state index in [9.17, 15) is 14.4 Å². The Morgan fingerprint density at radius 2 is 1.86 bits per heavy atom. The van der Waals surface area contributed by atoms with Gasteiger partial charge in [0.2, 0.25) is 5.91 Å². The number of H-pyrrole nitrogens is 1. The second-order valence-electron chi connectivity index (χ2n) is 8.93. The normalized spacial score (nSPS) is 15.1. The maximum absolute atomic E-state index is 13.1. The third-order valence-electron chi connectivity index (χ3n) is 6.28. The predicted molar refractivity (Wildman–Crippen MR) is 136 cm³/mol. The number of piperazine rings is 1. The highest BCUT2D eigenvalue weighted by atomic mass is 16.5. The van der Waals surface area contributed by atoms with E-state index in [1.165, 1.54) is 0 Å². The second-order valence-corrected chi connectivity index (χ2v) is 8.93. The van der Waals surface area contributed by atoms with Crippen molar-refractivity contribution in [3.8, 4) is 17.1 Å². The average Bonchev–Trinajstić information content (AvgIpc) is 2.86. The fourth-order valence-electron chi connectivity index (χ4n) is 4.17. The van der Waals surface area contributed by atoms with Crippen molar-refractivity contribution in [3.05, 3.63) is 45.4 Å². The van der Waals surface area contributed by atoms with Crippen molar-refractivity contribution < 1.29 is 14.3 Å². The number of hydrogen-bond donors (Lipinski definition) is 2. The van der Waals surface area contributed by atoms with Crippen molar-refractivity contribution in [2.45, 2.75) is 53.0 Å². The SMILES string of the molecule is CCCOc1ccc(C(=O)NC(C)C(=O)N2CCN(C)CC2)cc1-c1nc(CC)c(CC)c(=O)[nH]1. The quantitative estimate of drug-likeness (QED) is 0.567. The summed E-state index contributed by atoms with van der Waals surface area (Å²) in [4.78, 5) is 50.1. The second kappa shape index (κ2) is 12.0. The minimum Gasteiger partial charge on any atom is -0.493 e. The number of rotatable bonds is 9. The van der Waals surface area contributed by atoms with Gasteiger partial charge in [0, 0.05) is 37.3 Å². The summed E-state index contributed by atoms with van der Waals surface area (Å²) in [7, 11) is 2.03. The minimum absolute atomic E-state index is 0.0942. The molecule has 2 heterocycles. The lowest BCUT2D eigenvalue weighted by Gasteiger charge is -2.34. The molecule has 0 aliphatic carbocycles. The Labute approximate surface area is 206 Å². The fraction of sp³-hybridized carbons (Fsp3) is 0.538. The lowest BCUT2D eigenvalue weighted by Crippen LogP contribution is -2.53. The molecule has 2 aromatic rings. The number of carbonyl (C=O) groups excluding carboxylic acids is 2. The summed E-state index contributed by atoms with van der Waals surface area (Å²) in [6.07, 6.45) is 2.02. The van der Waals surface area contributed by atoms with Gasteiger partial charge in [-0.05, 0) is 51.4 Å². The van der Waals surface area contributed by atoms with E-state index in [2.05, 4.69) is 20.2 Å². The smallest absolute Gasteiger partial charge is 0.254 e. The van der Waals surface area contributed by atoms with Gasteiger partial charge in [0.15, 0.2) is 0 Å². The van der Waals surface area contributed by atoms with Crippen LogP contribution in [0.1, 0.15) is 55.7 Å². The number of aromatic nitrogens is 2. The molecule has 1 saturated heterocycles. The van der Waals surface area contributed by atoms with Crippen LogP contribution < -0.4 is 15.6 Å². The Balaban J connectivity index is 1.88. The summed E-state index contributed by atoms with van der Waals surface area (Å²) in [6, 6.07) is 4.39. The number of hydrogen-bond acceptors (Lipinski definition) is 6. The van der Waals surface area contributed by atoms with Gasteiger partial charge < -0.3 is 24.8 Å². The Kier molecular flexibility index (Phi) is 9.03. The van der Waals surface area contributed by atoms with Gasteiger partial charge >= 0.3 is 0 Å². The van der Waals surface area contributed by atoms with E-state index < -0.39 is 6.04 Å². The Morgan fingerprint density at radius 1 is 1.14 bits per heavy atom. The molecule has 1 aromatic heterocycles. The minimum atomic E-state index is -0.654. The van der Waals surface area contributed by atoms with Crippen LogP contribution in [0.4, 0.5) is 0 Å². The topological polar surface area (TPSA) is 108 Å². The molecule has 1 aliphatic rings. The maximum atomic E-state index is 13.1. The van der Waals surface area contributed by atoms with Gasteiger partial charge in [-0.2, -0.15) is 0 Å². The number of amides is 2. The van der Waals surface area contributed by atoms with Crippen LogP contribution >= 0.6 is 0 Å². The van der Waals surface area contributed by atoms with Gasteiger partial charge in [-0.3, -0.25) is 14.4 Å². The first-order valence-corrected chi connectivity index (χ1v) is 12.5. The van der Waals surface area contributed by atoms with Crippen molar-refractivity contribution in [2.24, 2.45) is 0 Å². The molecule has 1 unspecified atom stereocenters. The van der Waals surface area contributed by atoms with Gasteiger partial charge in [-0.25, -0.2) is 4.98 Å². The summed E-state index contributed by atoms with van der Waals surface area (Å²) < 4.78 is 5.89. The number of likely N-dealkylation sites (N-methyl/N-ethyl adjacent to an activating group) is 1. The first-order valence-electron chi connectivity index (χ1n) is 12.5. The molecule has 0 spiro atoms. The van der Waals surface area contributed by atoms with Crippen LogP contribution in [0, 0.1) is 0 Å². The fourth-order valence-corrected chi connectivity index (χ4v) is 4.17. The van der Waals surface area contributed by atoms with Gasteiger partial charge in [0.25, 0.3) is 11.5 Å². The zero-order valence-electron chi connectivity index (χ0n) is 21.4. The van der Waals surface area contributed by atoms with Crippen molar-refractivity contribution in [1.29, 1.82) is 0 Å². The number of nitrogens with one attached hydrogen (secondary N) is 2. The molecule has 0 saturated carbocycles. The monoisotopic (exact) mass is 483 g/mol. The first kappa shape index (κ1) is 26.4. The molecule has 190 valence electrons. The molecule has 2 amide bonds.